The van der Waals surface area contributed by atoms with Crippen LogP contribution in [0, 0.1) is 6.92 Å². The fourth-order valence-corrected chi connectivity index (χ4v) is 2.25. The first kappa shape index (κ1) is 10.3. The summed E-state index contributed by atoms with van der Waals surface area (Å²) in [5.74, 6) is 1.06. The Kier molecular flexibility index (Phi) is 3.11. The van der Waals surface area contributed by atoms with Gasteiger partial charge in [-0.15, -0.1) is 0 Å². The Morgan fingerprint density at radius 3 is 2.60 bits per heavy atom. The number of rotatable bonds is 3. The lowest BCUT2D eigenvalue weighted by Gasteiger charge is -1.97. The van der Waals surface area contributed by atoms with Gasteiger partial charge >= 0.3 is 0 Å². The summed E-state index contributed by atoms with van der Waals surface area (Å²) in [7, 11) is 0. The van der Waals surface area contributed by atoms with Gasteiger partial charge in [0.15, 0.2) is 0 Å². The van der Waals surface area contributed by atoms with Gasteiger partial charge in [-0.25, -0.2) is 4.98 Å². The van der Waals surface area contributed by atoms with Crippen LogP contribution in [-0.2, 0) is 6.42 Å². The second-order valence-corrected chi connectivity index (χ2v) is 4.44. The highest BCUT2D eigenvalue weighted by molar-refractivity contribution is 7.99. The summed E-state index contributed by atoms with van der Waals surface area (Å²) < 4.78 is 0. The Hall–Kier alpha value is -1.22. The number of aromatic amines is 1. The number of H-pyrrole nitrogens is 1. The molecule has 1 aromatic heterocycles. The van der Waals surface area contributed by atoms with Crippen molar-refractivity contribution in [1.29, 1.82) is 0 Å². The number of nitrogens with one attached hydrogen (secondary N) is 1. The average molecular weight is 218 g/mol. The molecule has 15 heavy (non-hydrogen) atoms. The fourth-order valence-electron chi connectivity index (χ4n) is 1.37. The van der Waals surface area contributed by atoms with Gasteiger partial charge in [0.2, 0.25) is 0 Å². The highest BCUT2D eigenvalue weighted by atomic mass is 32.2. The van der Waals surface area contributed by atoms with Crippen molar-refractivity contribution in [3.8, 4) is 0 Å². The number of hydrogen-bond donors (Lipinski definition) is 1. The predicted molar refractivity (Wildman–Crippen MR) is 63.3 cm³/mol. The Morgan fingerprint density at radius 1 is 1.27 bits per heavy atom. The van der Waals surface area contributed by atoms with Crippen LogP contribution in [0.4, 0.5) is 0 Å². The summed E-state index contributed by atoms with van der Waals surface area (Å²) in [6.07, 6.45) is 0.955. The minimum atomic E-state index is 0.955. The topological polar surface area (TPSA) is 28.7 Å². The zero-order valence-electron chi connectivity index (χ0n) is 8.95. The zero-order chi connectivity index (χ0) is 10.7. The quantitative estimate of drug-likeness (QED) is 0.855. The van der Waals surface area contributed by atoms with Crippen molar-refractivity contribution in [2.75, 3.05) is 0 Å². The van der Waals surface area contributed by atoms with Gasteiger partial charge in [-0.3, -0.25) is 0 Å². The molecule has 0 atom stereocenters. The molecule has 0 unspecified atom stereocenters. The number of nitrogens with zero attached hydrogens (tertiary/aromatic N) is 1. The molecule has 1 heterocycles. The molecule has 0 amide bonds. The van der Waals surface area contributed by atoms with Crippen molar-refractivity contribution < 1.29 is 0 Å². The van der Waals surface area contributed by atoms with Crippen molar-refractivity contribution in [3.63, 3.8) is 0 Å². The minimum absolute atomic E-state index is 0.955. The first-order valence-corrected chi connectivity index (χ1v) is 5.89. The molecule has 1 aromatic carbocycles. The first-order chi connectivity index (χ1) is 7.29. The van der Waals surface area contributed by atoms with E-state index in [9.17, 15) is 0 Å². The molecule has 3 heteroatoms. The number of aryl methyl sites for hydroxylation is 2. The molecule has 0 saturated heterocycles. The van der Waals surface area contributed by atoms with Crippen molar-refractivity contribution >= 4 is 11.8 Å². The Balaban J connectivity index is 2.21. The van der Waals surface area contributed by atoms with Crippen LogP contribution in [0.25, 0.3) is 0 Å². The molecule has 2 rings (SSSR count). The molecule has 2 aromatic rings. The van der Waals surface area contributed by atoms with Crippen LogP contribution in [0.1, 0.15) is 18.4 Å². The third-order valence-electron chi connectivity index (χ3n) is 2.18. The lowest BCUT2D eigenvalue weighted by atomic mass is 10.4. The average Bonchev–Trinajstić information content (AvgIpc) is 2.61. The van der Waals surface area contributed by atoms with E-state index in [1.807, 2.05) is 18.2 Å². The monoisotopic (exact) mass is 218 g/mol. The predicted octanol–water partition coefficient (Wildman–Crippen LogP) is 3.43. The smallest absolute Gasteiger partial charge is 0.122 e. The number of imidazole rings is 1. The Morgan fingerprint density at radius 2 is 2.00 bits per heavy atom. The minimum Gasteiger partial charge on any atom is -0.345 e. The van der Waals surface area contributed by atoms with Crippen LogP contribution in [0.5, 0.6) is 0 Å². The fraction of sp³-hybridized carbons (Fsp3) is 0.250. The van der Waals surface area contributed by atoms with E-state index in [1.54, 1.807) is 11.8 Å². The molecule has 1 N–H and O–H groups in total. The third-order valence-corrected chi connectivity index (χ3v) is 3.28. The Labute approximate surface area is 94.1 Å². The van der Waals surface area contributed by atoms with E-state index in [1.165, 1.54) is 4.90 Å². The van der Waals surface area contributed by atoms with Gasteiger partial charge in [0, 0.05) is 17.0 Å². The van der Waals surface area contributed by atoms with E-state index in [0.29, 0.717) is 0 Å². The maximum atomic E-state index is 4.53. The van der Waals surface area contributed by atoms with Crippen LogP contribution in [-0.4, -0.2) is 9.97 Å². The molecule has 0 radical (unpaired) electrons. The summed E-state index contributed by atoms with van der Waals surface area (Å²) >= 11 is 1.71. The largest absolute Gasteiger partial charge is 0.345 e. The lowest BCUT2D eigenvalue weighted by Crippen LogP contribution is -1.80. The summed E-state index contributed by atoms with van der Waals surface area (Å²) in [4.78, 5) is 9.04. The van der Waals surface area contributed by atoms with Crippen LogP contribution in [0.3, 0.4) is 0 Å². The van der Waals surface area contributed by atoms with Crippen molar-refractivity contribution in [1.82, 2.24) is 9.97 Å². The first-order valence-electron chi connectivity index (χ1n) is 5.08. The van der Waals surface area contributed by atoms with Crippen molar-refractivity contribution in [2.24, 2.45) is 0 Å². The highest BCUT2D eigenvalue weighted by Gasteiger charge is 2.06. The van der Waals surface area contributed by atoms with Gasteiger partial charge in [0.1, 0.15) is 10.9 Å². The van der Waals surface area contributed by atoms with Gasteiger partial charge < -0.3 is 4.98 Å². The third kappa shape index (κ3) is 2.42. The summed E-state index contributed by atoms with van der Waals surface area (Å²) in [6, 6.07) is 10.3. The van der Waals surface area contributed by atoms with Gasteiger partial charge in [-0.05, 0) is 19.1 Å². The highest BCUT2D eigenvalue weighted by Crippen LogP contribution is 2.28. The maximum Gasteiger partial charge on any atom is 0.122 e. The van der Waals surface area contributed by atoms with E-state index in [0.717, 1.165) is 23.0 Å². The molecule has 0 spiro atoms. The summed E-state index contributed by atoms with van der Waals surface area (Å²) in [5, 5.41) is 1.08. The van der Waals surface area contributed by atoms with E-state index in [2.05, 4.69) is 35.9 Å². The van der Waals surface area contributed by atoms with Gasteiger partial charge in [0.25, 0.3) is 0 Å². The molecule has 2 nitrogen and oxygen atoms in total. The van der Waals surface area contributed by atoms with Crippen molar-refractivity contribution in [3.05, 3.63) is 41.9 Å². The summed E-state index contributed by atoms with van der Waals surface area (Å²) in [6.45, 7) is 4.17. The van der Waals surface area contributed by atoms with Crippen LogP contribution >= 0.6 is 11.8 Å². The van der Waals surface area contributed by atoms with E-state index in [-0.39, 0.29) is 0 Å². The molecule has 0 bridgehead atoms. The number of benzene rings is 1. The molecular formula is C12H14N2S. The Bertz CT molecular complexity index is 434. The van der Waals surface area contributed by atoms with E-state index < -0.39 is 0 Å². The van der Waals surface area contributed by atoms with E-state index >= 15 is 0 Å². The standard InChI is InChI=1S/C12H14N2S/c1-3-11-13-9(2)12(14-11)15-10-7-5-4-6-8-10/h4-8H,3H2,1-2H3,(H,13,14). The van der Waals surface area contributed by atoms with Crippen LogP contribution in [0.2, 0.25) is 0 Å². The number of aromatic nitrogens is 2. The molecular weight excluding hydrogens is 204 g/mol. The zero-order valence-corrected chi connectivity index (χ0v) is 9.77. The second-order valence-electron chi connectivity index (χ2n) is 3.38. The molecule has 0 aliphatic heterocycles. The molecule has 0 saturated carbocycles. The second kappa shape index (κ2) is 4.53. The lowest BCUT2D eigenvalue weighted by molar-refractivity contribution is 0.969. The summed E-state index contributed by atoms with van der Waals surface area (Å²) in [5.41, 5.74) is 1.15. The van der Waals surface area contributed by atoms with Crippen LogP contribution < -0.4 is 0 Å². The normalized spacial score (nSPS) is 10.5. The van der Waals surface area contributed by atoms with Crippen molar-refractivity contribution in [2.45, 2.75) is 30.2 Å². The maximum absolute atomic E-state index is 4.53. The van der Waals surface area contributed by atoms with Gasteiger partial charge in [-0.1, -0.05) is 36.9 Å². The molecule has 0 fully saturated rings. The van der Waals surface area contributed by atoms with Crippen LogP contribution in [0.15, 0.2) is 40.3 Å². The SMILES string of the molecule is CCc1nc(Sc2ccccc2)c(C)[nH]1. The molecule has 78 valence electrons. The molecule has 0 aliphatic rings. The molecule has 0 aliphatic carbocycles. The van der Waals surface area contributed by atoms with E-state index in [4.69, 9.17) is 0 Å². The number of hydrogen-bond acceptors (Lipinski definition) is 2. The van der Waals surface area contributed by atoms with Gasteiger partial charge in [0.05, 0.1) is 0 Å². The van der Waals surface area contributed by atoms with Gasteiger partial charge in [-0.2, -0.15) is 0 Å².